The first-order valence-corrected chi connectivity index (χ1v) is 6.66. The third kappa shape index (κ3) is 1.61. The Bertz CT molecular complexity index is 314. The summed E-state index contributed by atoms with van der Waals surface area (Å²) in [6.45, 7) is 0. The molecule has 1 nitrogen and oxygen atoms in total. The maximum Gasteiger partial charge on any atom is 0.0114 e. The zero-order chi connectivity index (χ0) is 9.38. The molecule has 0 aromatic carbocycles. The Hall–Kier alpha value is -0.340. The molecule has 1 N–H and O–H groups in total. The van der Waals surface area contributed by atoms with Crippen molar-refractivity contribution in [2.45, 2.75) is 50.6 Å². The second-order valence-electron chi connectivity index (χ2n) is 4.66. The zero-order valence-corrected chi connectivity index (χ0v) is 9.28. The lowest BCUT2D eigenvalue weighted by Gasteiger charge is -2.33. The van der Waals surface area contributed by atoms with Crippen LogP contribution in [0.2, 0.25) is 0 Å². The molecule has 1 saturated carbocycles. The van der Waals surface area contributed by atoms with E-state index in [0.29, 0.717) is 0 Å². The van der Waals surface area contributed by atoms with Crippen LogP contribution in [-0.2, 0) is 12.8 Å². The summed E-state index contributed by atoms with van der Waals surface area (Å²) in [6.07, 6.45) is 8.17. The van der Waals surface area contributed by atoms with Crippen molar-refractivity contribution in [2.24, 2.45) is 0 Å². The molecule has 0 spiro atoms. The molecular formula is C12H17NS. The predicted molar refractivity (Wildman–Crippen MR) is 60.9 cm³/mol. The van der Waals surface area contributed by atoms with Crippen LogP contribution < -0.4 is 5.32 Å². The van der Waals surface area contributed by atoms with Crippen LogP contribution in [0.3, 0.4) is 0 Å². The minimum absolute atomic E-state index is 0.766. The summed E-state index contributed by atoms with van der Waals surface area (Å²) in [7, 11) is 0. The van der Waals surface area contributed by atoms with E-state index < -0.39 is 0 Å². The van der Waals surface area contributed by atoms with E-state index in [-0.39, 0.29) is 0 Å². The molecule has 0 saturated heterocycles. The van der Waals surface area contributed by atoms with Gasteiger partial charge in [0.05, 0.1) is 0 Å². The Morgan fingerprint density at radius 3 is 2.71 bits per heavy atom. The Balaban J connectivity index is 1.63. The average molecular weight is 207 g/mol. The fraction of sp³-hybridized carbons (Fsp3) is 0.667. The van der Waals surface area contributed by atoms with Crippen molar-refractivity contribution in [3.63, 3.8) is 0 Å². The maximum absolute atomic E-state index is 3.79. The maximum atomic E-state index is 3.79. The van der Waals surface area contributed by atoms with E-state index in [0.717, 1.165) is 12.1 Å². The highest BCUT2D eigenvalue weighted by Crippen LogP contribution is 2.27. The quantitative estimate of drug-likeness (QED) is 0.786. The Morgan fingerprint density at radius 1 is 1.07 bits per heavy atom. The van der Waals surface area contributed by atoms with Crippen molar-refractivity contribution in [3.05, 3.63) is 21.9 Å². The Labute approximate surface area is 89.5 Å². The summed E-state index contributed by atoms with van der Waals surface area (Å²) in [4.78, 5) is 0. The first-order valence-electron chi connectivity index (χ1n) is 5.72. The number of rotatable bonds is 2. The molecule has 76 valence electrons. The number of hydrogen-bond acceptors (Lipinski definition) is 2. The van der Waals surface area contributed by atoms with Gasteiger partial charge in [0.1, 0.15) is 0 Å². The molecular weight excluding hydrogens is 190 g/mol. The molecule has 0 radical (unpaired) electrons. The first-order chi connectivity index (χ1) is 6.92. The molecule has 1 aromatic rings. The normalized spacial score (nSPS) is 27.0. The van der Waals surface area contributed by atoms with Crippen molar-refractivity contribution in [3.8, 4) is 0 Å². The molecule has 1 aromatic heterocycles. The summed E-state index contributed by atoms with van der Waals surface area (Å²) in [5, 5.41) is 8.46. The Kier molecular flexibility index (Phi) is 2.34. The fourth-order valence-electron chi connectivity index (χ4n) is 2.50. The van der Waals surface area contributed by atoms with Crippen LogP contribution in [0.4, 0.5) is 0 Å². The highest BCUT2D eigenvalue weighted by molar-refractivity contribution is 7.08. The molecule has 2 aliphatic carbocycles. The Morgan fingerprint density at radius 2 is 1.93 bits per heavy atom. The van der Waals surface area contributed by atoms with Gasteiger partial charge in [-0.25, -0.2) is 0 Å². The van der Waals surface area contributed by atoms with Gasteiger partial charge in [0.2, 0.25) is 0 Å². The molecule has 1 atom stereocenters. The van der Waals surface area contributed by atoms with Gasteiger partial charge in [0.15, 0.2) is 0 Å². The van der Waals surface area contributed by atoms with Crippen molar-refractivity contribution in [2.75, 3.05) is 0 Å². The number of hydrogen-bond donors (Lipinski definition) is 1. The number of thiophene rings is 1. The lowest BCUT2D eigenvalue weighted by Crippen LogP contribution is -2.44. The van der Waals surface area contributed by atoms with Gasteiger partial charge in [0.25, 0.3) is 0 Å². The van der Waals surface area contributed by atoms with Gasteiger partial charge in [0, 0.05) is 12.1 Å². The van der Waals surface area contributed by atoms with Gasteiger partial charge < -0.3 is 5.32 Å². The van der Waals surface area contributed by atoms with Crippen LogP contribution in [0.1, 0.15) is 36.8 Å². The van der Waals surface area contributed by atoms with E-state index in [1.807, 2.05) is 11.3 Å². The molecule has 1 unspecified atom stereocenters. The van der Waals surface area contributed by atoms with Crippen LogP contribution in [0.5, 0.6) is 0 Å². The number of aryl methyl sites for hydroxylation is 1. The largest absolute Gasteiger partial charge is 0.311 e. The van der Waals surface area contributed by atoms with E-state index in [2.05, 4.69) is 16.1 Å². The van der Waals surface area contributed by atoms with Gasteiger partial charge in [-0.2, -0.15) is 11.3 Å². The highest BCUT2D eigenvalue weighted by atomic mass is 32.1. The highest BCUT2D eigenvalue weighted by Gasteiger charge is 2.24. The summed E-state index contributed by atoms with van der Waals surface area (Å²) < 4.78 is 0. The van der Waals surface area contributed by atoms with Crippen molar-refractivity contribution in [1.29, 1.82) is 0 Å². The minimum Gasteiger partial charge on any atom is -0.311 e. The van der Waals surface area contributed by atoms with E-state index in [1.165, 1.54) is 38.5 Å². The van der Waals surface area contributed by atoms with Gasteiger partial charge >= 0.3 is 0 Å². The molecule has 2 heteroatoms. The van der Waals surface area contributed by atoms with E-state index >= 15 is 0 Å². The molecule has 0 bridgehead atoms. The summed E-state index contributed by atoms with van der Waals surface area (Å²) in [5.74, 6) is 0. The molecule has 1 heterocycles. The minimum atomic E-state index is 0.766. The molecule has 2 aliphatic rings. The molecule has 3 rings (SSSR count). The number of nitrogens with one attached hydrogen (secondary N) is 1. The van der Waals surface area contributed by atoms with Gasteiger partial charge in [-0.1, -0.05) is 6.42 Å². The van der Waals surface area contributed by atoms with Gasteiger partial charge in [-0.05, 0) is 54.0 Å². The van der Waals surface area contributed by atoms with E-state index in [9.17, 15) is 0 Å². The molecule has 14 heavy (non-hydrogen) atoms. The zero-order valence-electron chi connectivity index (χ0n) is 8.46. The SMILES string of the molecule is c1scc2c1CCC(NC1CCC1)C2. The third-order valence-corrected chi connectivity index (χ3v) is 4.48. The van der Waals surface area contributed by atoms with Crippen LogP contribution in [0, 0.1) is 0 Å². The van der Waals surface area contributed by atoms with Crippen LogP contribution in [0.15, 0.2) is 10.8 Å². The van der Waals surface area contributed by atoms with Crippen LogP contribution in [0.25, 0.3) is 0 Å². The molecule has 0 amide bonds. The molecule has 1 fully saturated rings. The first kappa shape index (κ1) is 8.93. The lowest BCUT2D eigenvalue weighted by molar-refractivity contribution is 0.290. The van der Waals surface area contributed by atoms with Crippen molar-refractivity contribution >= 4 is 11.3 Å². The van der Waals surface area contributed by atoms with E-state index in [4.69, 9.17) is 0 Å². The third-order valence-electron chi connectivity index (χ3n) is 3.64. The molecule has 0 aliphatic heterocycles. The van der Waals surface area contributed by atoms with Crippen molar-refractivity contribution in [1.82, 2.24) is 5.32 Å². The lowest BCUT2D eigenvalue weighted by atomic mass is 9.87. The van der Waals surface area contributed by atoms with Crippen LogP contribution in [-0.4, -0.2) is 12.1 Å². The van der Waals surface area contributed by atoms with E-state index in [1.54, 1.807) is 11.1 Å². The monoisotopic (exact) mass is 207 g/mol. The smallest absolute Gasteiger partial charge is 0.0114 e. The van der Waals surface area contributed by atoms with Crippen LogP contribution >= 0.6 is 11.3 Å². The van der Waals surface area contributed by atoms with Gasteiger partial charge in [-0.3, -0.25) is 0 Å². The summed E-state index contributed by atoms with van der Waals surface area (Å²) >= 11 is 1.87. The summed E-state index contributed by atoms with van der Waals surface area (Å²) in [6, 6.07) is 1.61. The summed E-state index contributed by atoms with van der Waals surface area (Å²) in [5.41, 5.74) is 3.22. The fourth-order valence-corrected chi connectivity index (χ4v) is 3.41. The predicted octanol–water partition coefficient (Wildman–Crippen LogP) is 2.75. The second kappa shape index (κ2) is 3.67. The van der Waals surface area contributed by atoms with Gasteiger partial charge in [-0.15, -0.1) is 0 Å². The number of fused-ring (bicyclic) bond motifs is 1. The van der Waals surface area contributed by atoms with Crippen molar-refractivity contribution < 1.29 is 0 Å². The second-order valence-corrected chi connectivity index (χ2v) is 5.40. The topological polar surface area (TPSA) is 12.0 Å². The standard InChI is InChI=1S/C12H17NS/c1-2-11(3-1)13-12-5-4-9-7-14-8-10(9)6-12/h7-8,11-13H,1-6H2. The average Bonchev–Trinajstić information content (AvgIpc) is 2.58.